The Morgan fingerprint density at radius 1 is 1.32 bits per heavy atom. The number of carboxylic acid groups (broad SMARTS) is 1. The lowest BCUT2D eigenvalue weighted by atomic mass is 10.1. The predicted molar refractivity (Wildman–Crippen MR) is 70.8 cm³/mol. The van der Waals surface area contributed by atoms with Gasteiger partial charge in [0.2, 0.25) is 0 Å². The van der Waals surface area contributed by atoms with Crippen LogP contribution in [0.3, 0.4) is 0 Å². The highest BCUT2D eigenvalue weighted by atomic mass is 35.5. The highest BCUT2D eigenvalue weighted by Crippen LogP contribution is 2.14. The quantitative estimate of drug-likeness (QED) is 0.506. The average Bonchev–Trinajstić information content (AvgIpc) is 2.23. The van der Waals surface area contributed by atoms with Crippen molar-refractivity contribution in [2.24, 2.45) is 0 Å². The number of ether oxygens (including phenoxy) is 1. The minimum Gasteiger partial charge on any atom is -1.00 e. The molecule has 0 heterocycles. The number of aliphatic carboxylic acids is 1. The van der Waals surface area contributed by atoms with E-state index < -0.39 is 5.97 Å². The van der Waals surface area contributed by atoms with E-state index in [1.807, 2.05) is 12.1 Å². The molecule has 108 valence electrons. The molecule has 1 rings (SSSR count). The van der Waals surface area contributed by atoms with Gasteiger partial charge < -0.3 is 26.7 Å². The molecule has 0 spiro atoms. The first-order valence-corrected chi connectivity index (χ1v) is 6.11. The van der Waals surface area contributed by atoms with E-state index in [2.05, 4.69) is 21.1 Å². The summed E-state index contributed by atoms with van der Waals surface area (Å²) < 4.78 is 6.54. The Balaban J connectivity index is 0.00000324. The van der Waals surface area contributed by atoms with Gasteiger partial charge in [0.25, 0.3) is 0 Å². The molecular formula is C14H22ClNO3. The Morgan fingerprint density at radius 2 is 2.00 bits per heavy atom. The maximum absolute atomic E-state index is 10.6. The second-order valence-corrected chi connectivity index (χ2v) is 5.43. The molecule has 19 heavy (non-hydrogen) atoms. The van der Waals surface area contributed by atoms with Crippen LogP contribution in [0.1, 0.15) is 12.0 Å². The first kappa shape index (κ1) is 17.7. The standard InChI is InChI=1S/C14H21NO3.ClH/c1-15(2,3)8-5-9-18-13-7-4-6-12(10-13)11-14(16)17;/h4,6-7,10H,5,8-9,11H2,1-3H3;1H. The van der Waals surface area contributed by atoms with Crippen molar-refractivity contribution in [1.82, 2.24) is 0 Å². The van der Waals surface area contributed by atoms with Crippen molar-refractivity contribution in [3.05, 3.63) is 29.8 Å². The van der Waals surface area contributed by atoms with E-state index in [1.54, 1.807) is 12.1 Å². The van der Waals surface area contributed by atoms with Crippen LogP contribution in [0.25, 0.3) is 0 Å². The third-order valence-electron chi connectivity index (χ3n) is 2.50. The summed E-state index contributed by atoms with van der Waals surface area (Å²) in [6.07, 6.45) is 1.02. The van der Waals surface area contributed by atoms with Gasteiger partial charge >= 0.3 is 5.97 Å². The highest BCUT2D eigenvalue weighted by Gasteiger charge is 2.06. The summed E-state index contributed by atoms with van der Waals surface area (Å²) in [4.78, 5) is 10.6. The van der Waals surface area contributed by atoms with E-state index in [4.69, 9.17) is 9.84 Å². The fourth-order valence-electron chi connectivity index (χ4n) is 1.65. The lowest BCUT2D eigenvalue weighted by molar-refractivity contribution is -0.870. The molecule has 0 atom stereocenters. The number of hydrogen-bond donors (Lipinski definition) is 1. The zero-order valence-corrected chi connectivity index (χ0v) is 12.5. The SMILES string of the molecule is C[N+](C)(C)CCCOc1cccc(CC(=O)O)c1.[Cl-]. The summed E-state index contributed by atoms with van der Waals surface area (Å²) >= 11 is 0. The monoisotopic (exact) mass is 287 g/mol. The molecule has 0 aromatic heterocycles. The van der Waals surface area contributed by atoms with E-state index >= 15 is 0 Å². The third-order valence-corrected chi connectivity index (χ3v) is 2.50. The van der Waals surface area contributed by atoms with Crippen molar-refractivity contribution >= 4 is 5.97 Å². The predicted octanol–water partition coefficient (Wildman–Crippen LogP) is -1.21. The van der Waals surface area contributed by atoms with Crippen molar-refractivity contribution in [3.63, 3.8) is 0 Å². The van der Waals surface area contributed by atoms with Crippen molar-refractivity contribution in [3.8, 4) is 5.75 Å². The van der Waals surface area contributed by atoms with Gasteiger partial charge in [0, 0.05) is 6.42 Å². The topological polar surface area (TPSA) is 46.5 Å². The summed E-state index contributed by atoms with van der Waals surface area (Å²) in [5, 5.41) is 8.72. The fraction of sp³-hybridized carbons (Fsp3) is 0.500. The highest BCUT2D eigenvalue weighted by molar-refractivity contribution is 5.70. The Labute approximate surface area is 121 Å². The molecule has 1 aromatic carbocycles. The lowest BCUT2D eigenvalue weighted by Gasteiger charge is -2.23. The van der Waals surface area contributed by atoms with Gasteiger partial charge in [-0.3, -0.25) is 4.79 Å². The van der Waals surface area contributed by atoms with Crippen molar-refractivity contribution in [2.45, 2.75) is 12.8 Å². The zero-order valence-electron chi connectivity index (χ0n) is 11.7. The van der Waals surface area contributed by atoms with Crippen LogP contribution in [-0.2, 0) is 11.2 Å². The van der Waals surface area contributed by atoms with Crippen molar-refractivity contribution in [2.75, 3.05) is 34.3 Å². The van der Waals surface area contributed by atoms with E-state index in [0.717, 1.165) is 28.8 Å². The molecule has 4 nitrogen and oxygen atoms in total. The summed E-state index contributed by atoms with van der Waals surface area (Å²) in [5.41, 5.74) is 0.770. The largest absolute Gasteiger partial charge is 1.00 e. The molecule has 0 bridgehead atoms. The number of rotatable bonds is 7. The number of hydrogen-bond acceptors (Lipinski definition) is 2. The van der Waals surface area contributed by atoms with Gasteiger partial charge in [-0.2, -0.15) is 0 Å². The first-order chi connectivity index (χ1) is 8.37. The maximum atomic E-state index is 10.6. The Kier molecular flexibility index (Phi) is 7.49. The van der Waals surface area contributed by atoms with E-state index in [9.17, 15) is 4.79 Å². The van der Waals surface area contributed by atoms with Crippen LogP contribution in [-0.4, -0.2) is 49.9 Å². The number of carbonyl (C=O) groups is 1. The Bertz CT molecular complexity index is 402. The second kappa shape index (κ2) is 8.02. The van der Waals surface area contributed by atoms with Gasteiger partial charge in [-0.05, 0) is 17.7 Å². The summed E-state index contributed by atoms with van der Waals surface area (Å²) in [6, 6.07) is 7.28. The molecule has 0 amide bonds. The molecule has 0 aliphatic rings. The maximum Gasteiger partial charge on any atom is 0.307 e. The zero-order chi connectivity index (χ0) is 13.6. The van der Waals surface area contributed by atoms with Crippen molar-refractivity contribution in [1.29, 1.82) is 0 Å². The van der Waals surface area contributed by atoms with Gasteiger partial charge in [0.1, 0.15) is 5.75 Å². The Hall–Kier alpha value is -1.26. The van der Waals surface area contributed by atoms with E-state index in [1.165, 1.54) is 0 Å². The second-order valence-electron chi connectivity index (χ2n) is 5.43. The number of quaternary nitrogens is 1. The molecule has 0 aliphatic carbocycles. The molecule has 0 saturated heterocycles. The van der Waals surface area contributed by atoms with Crippen LogP contribution in [0.15, 0.2) is 24.3 Å². The van der Waals surface area contributed by atoms with Gasteiger partial charge in [-0.15, -0.1) is 0 Å². The van der Waals surface area contributed by atoms with Crippen LogP contribution in [0, 0.1) is 0 Å². The summed E-state index contributed by atoms with van der Waals surface area (Å²) in [5.74, 6) is -0.0765. The van der Waals surface area contributed by atoms with Gasteiger partial charge in [0.15, 0.2) is 0 Å². The van der Waals surface area contributed by atoms with E-state index in [-0.39, 0.29) is 18.8 Å². The van der Waals surface area contributed by atoms with Crippen LogP contribution < -0.4 is 17.1 Å². The number of nitrogens with zero attached hydrogens (tertiary/aromatic N) is 1. The van der Waals surface area contributed by atoms with Crippen LogP contribution in [0.2, 0.25) is 0 Å². The van der Waals surface area contributed by atoms with Gasteiger partial charge in [-0.25, -0.2) is 0 Å². The molecule has 1 aromatic rings. The Morgan fingerprint density at radius 3 is 2.58 bits per heavy atom. The third kappa shape index (κ3) is 8.46. The van der Waals surface area contributed by atoms with E-state index in [0.29, 0.717) is 6.61 Å². The van der Waals surface area contributed by atoms with Crippen molar-refractivity contribution < 1.29 is 31.5 Å². The smallest absolute Gasteiger partial charge is 0.307 e. The molecule has 0 fully saturated rings. The number of carboxylic acids is 1. The van der Waals surface area contributed by atoms with Gasteiger partial charge in [-0.1, -0.05) is 12.1 Å². The molecule has 0 aliphatic heterocycles. The minimum absolute atomic E-state index is 0. The molecular weight excluding hydrogens is 266 g/mol. The molecule has 0 radical (unpaired) electrons. The van der Waals surface area contributed by atoms with Crippen LogP contribution in [0.4, 0.5) is 0 Å². The molecule has 1 N–H and O–H groups in total. The number of halogens is 1. The number of benzene rings is 1. The molecule has 0 unspecified atom stereocenters. The van der Waals surface area contributed by atoms with Crippen LogP contribution in [0.5, 0.6) is 5.75 Å². The minimum atomic E-state index is -0.822. The summed E-state index contributed by atoms with van der Waals surface area (Å²) in [7, 11) is 6.44. The molecule has 0 saturated carbocycles. The van der Waals surface area contributed by atoms with Crippen LogP contribution >= 0.6 is 0 Å². The molecule has 5 heteroatoms. The fourth-order valence-corrected chi connectivity index (χ4v) is 1.65. The first-order valence-electron chi connectivity index (χ1n) is 6.11. The summed E-state index contributed by atoms with van der Waals surface area (Å²) in [6.45, 7) is 1.71. The lowest BCUT2D eigenvalue weighted by Crippen LogP contribution is -3.00. The average molecular weight is 288 g/mol. The normalized spacial score (nSPS) is 10.7. The van der Waals surface area contributed by atoms with Gasteiger partial charge in [0.05, 0.1) is 40.7 Å².